The summed E-state index contributed by atoms with van der Waals surface area (Å²) in [4.78, 5) is 12.1. The highest BCUT2D eigenvalue weighted by Gasteiger charge is 2.29. The van der Waals surface area contributed by atoms with Crippen molar-refractivity contribution in [2.45, 2.75) is 23.9 Å². The SMILES string of the molecule is O=C(CCc1ccc(C(F)(F)F)cc1)NCCNS(=O)(=O)c1ccc2ccccc2c1. The number of carbonyl (C=O) groups excluding carboxylic acids is 1. The van der Waals surface area contributed by atoms with Crippen LogP contribution in [0.5, 0.6) is 0 Å². The van der Waals surface area contributed by atoms with Gasteiger partial charge in [-0.2, -0.15) is 13.2 Å². The number of aryl methyl sites for hydroxylation is 1. The van der Waals surface area contributed by atoms with E-state index >= 15 is 0 Å². The van der Waals surface area contributed by atoms with Gasteiger partial charge in [0.2, 0.25) is 15.9 Å². The van der Waals surface area contributed by atoms with Crippen LogP contribution in [0.15, 0.2) is 71.6 Å². The first-order valence-corrected chi connectivity index (χ1v) is 11.0. The summed E-state index contributed by atoms with van der Waals surface area (Å²) in [6.07, 6.45) is -4.02. The molecule has 0 unspecified atom stereocenters. The van der Waals surface area contributed by atoms with Gasteiger partial charge in [0.05, 0.1) is 10.5 Å². The van der Waals surface area contributed by atoms with E-state index in [1.807, 2.05) is 24.3 Å². The maximum atomic E-state index is 12.6. The Hall–Kier alpha value is -2.91. The molecule has 2 N–H and O–H groups in total. The van der Waals surface area contributed by atoms with Crippen molar-refractivity contribution in [1.82, 2.24) is 10.0 Å². The van der Waals surface area contributed by atoms with E-state index in [2.05, 4.69) is 10.0 Å². The van der Waals surface area contributed by atoms with Crippen molar-refractivity contribution >= 4 is 26.7 Å². The van der Waals surface area contributed by atoms with E-state index in [0.717, 1.165) is 22.9 Å². The quantitative estimate of drug-likeness (QED) is 0.512. The Kier molecular flexibility index (Phi) is 6.97. The van der Waals surface area contributed by atoms with Crippen molar-refractivity contribution in [3.63, 3.8) is 0 Å². The summed E-state index contributed by atoms with van der Waals surface area (Å²) < 4.78 is 65.0. The maximum Gasteiger partial charge on any atom is 0.416 e. The van der Waals surface area contributed by atoms with Crippen LogP contribution in [-0.2, 0) is 27.4 Å². The number of halogens is 3. The number of fused-ring (bicyclic) bond motifs is 1. The number of sulfonamides is 1. The molecule has 3 aromatic carbocycles. The first kappa shape index (κ1) is 22.8. The molecule has 0 aliphatic carbocycles. The summed E-state index contributed by atoms with van der Waals surface area (Å²) in [7, 11) is -3.71. The smallest absolute Gasteiger partial charge is 0.355 e. The van der Waals surface area contributed by atoms with Crippen LogP contribution in [0.1, 0.15) is 17.5 Å². The standard InChI is InChI=1S/C22H21F3N2O3S/c23-22(24,25)19-9-5-16(6-10-19)7-12-21(28)26-13-14-27-31(29,30)20-11-8-17-3-1-2-4-18(17)15-20/h1-6,8-11,15,27H,7,12-14H2,(H,26,28). The van der Waals surface area contributed by atoms with Gasteiger partial charge in [-0.25, -0.2) is 13.1 Å². The molecular formula is C22H21F3N2O3S. The third-order valence-corrected chi connectivity index (χ3v) is 6.15. The third-order valence-electron chi connectivity index (χ3n) is 4.69. The number of carbonyl (C=O) groups is 1. The minimum absolute atomic E-state index is 0.0151. The van der Waals surface area contributed by atoms with Gasteiger partial charge < -0.3 is 5.32 Å². The molecule has 0 saturated heterocycles. The fraction of sp³-hybridized carbons (Fsp3) is 0.227. The lowest BCUT2D eigenvalue weighted by molar-refractivity contribution is -0.137. The van der Waals surface area contributed by atoms with Crippen molar-refractivity contribution in [1.29, 1.82) is 0 Å². The minimum Gasteiger partial charge on any atom is -0.355 e. The molecule has 3 rings (SSSR count). The molecule has 0 heterocycles. The van der Waals surface area contributed by atoms with Crippen molar-refractivity contribution in [3.05, 3.63) is 77.9 Å². The van der Waals surface area contributed by atoms with Gasteiger partial charge in [-0.05, 0) is 47.0 Å². The normalized spacial score (nSPS) is 12.1. The summed E-state index contributed by atoms with van der Waals surface area (Å²) in [5.41, 5.74) is -0.125. The van der Waals surface area contributed by atoms with Gasteiger partial charge >= 0.3 is 6.18 Å². The van der Waals surface area contributed by atoms with E-state index in [1.54, 1.807) is 12.1 Å². The number of amides is 1. The molecule has 31 heavy (non-hydrogen) atoms. The molecule has 164 valence electrons. The molecule has 0 bridgehead atoms. The molecule has 5 nitrogen and oxygen atoms in total. The van der Waals surface area contributed by atoms with Gasteiger partial charge in [-0.3, -0.25) is 4.79 Å². The van der Waals surface area contributed by atoms with Gasteiger partial charge in [0.15, 0.2) is 0 Å². The molecule has 9 heteroatoms. The number of benzene rings is 3. The zero-order valence-electron chi connectivity index (χ0n) is 16.4. The molecule has 0 fully saturated rings. The van der Waals surface area contributed by atoms with Crippen molar-refractivity contribution in [2.24, 2.45) is 0 Å². The van der Waals surface area contributed by atoms with Gasteiger partial charge in [0, 0.05) is 19.5 Å². The summed E-state index contributed by atoms with van der Waals surface area (Å²) in [6.45, 7) is 0.111. The minimum atomic E-state index is -4.39. The van der Waals surface area contributed by atoms with Crippen LogP contribution in [0.25, 0.3) is 10.8 Å². The lowest BCUT2D eigenvalue weighted by Gasteiger charge is -2.09. The zero-order chi connectivity index (χ0) is 22.5. The van der Waals surface area contributed by atoms with E-state index in [0.29, 0.717) is 5.56 Å². The predicted octanol–water partition coefficient (Wildman–Crippen LogP) is 3.89. The van der Waals surface area contributed by atoms with E-state index in [1.165, 1.54) is 18.2 Å². The molecule has 3 aromatic rings. The van der Waals surface area contributed by atoms with Crippen LogP contribution in [0.3, 0.4) is 0 Å². The first-order chi connectivity index (χ1) is 14.6. The molecule has 0 radical (unpaired) electrons. The van der Waals surface area contributed by atoms with Gasteiger partial charge in [-0.1, -0.05) is 42.5 Å². The monoisotopic (exact) mass is 450 g/mol. The zero-order valence-corrected chi connectivity index (χ0v) is 17.3. The summed E-state index contributed by atoms with van der Waals surface area (Å²) in [5.74, 6) is -0.315. The Morgan fingerprint density at radius 2 is 1.55 bits per heavy atom. The highest BCUT2D eigenvalue weighted by Crippen LogP contribution is 2.29. The summed E-state index contributed by atoms with van der Waals surface area (Å²) in [6, 6.07) is 16.9. The topological polar surface area (TPSA) is 75.3 Å². The van der Waals surface area contributed by atoms with Crippen molar-refractivity contribution in [2.75, 3.05) is 13.1 Å². The molecule has 0 aromatic heterocycles. The van der Waals surface area contributed by atoms with Crippen LogP contribution < -0.4 is 10.0 Å². The van der Waals surface area contributed by atoms with Crippen LogP contribution in [0, 0.1) is 0 Å². The third kappa shape index (κ3) is 6.28. The number of alkyl halides is 3. The lowest BCUT2D eigenvalue weighted by Crippen LogP contribution is -2.34. The van der Waals surface area contributed by atoms with Crippen molar-refractivity contribution in [3.8, 4) is 0 Å². The first-order valence-electron chi connectivity index (χ1n) is 9.56. The Labute approximate surface area is 178 Å². The van der Waals surface area contributed by atoms with Crippen LogP contribution in [-0.4, -0.2) is 27.4 Å². The van der Waals surface area contributed by atoms with Crippen LogP contribution >= 0.6 is 0 Å². The van der Waals surface area contributed by atoms with Crippen LogP contribution in [0.4, 0.5) is 13.2 Å². The van der Waals surface area contributed by atoms with Gasteiger partial charge in [0.25, 0.3) is 0 Å². The van der Waals surface area contributed by atoms with Crippen molar-refractivity contribution < 1.29 is 26.4 Å². The molecule has 0 saturated carbocycles. The average molecular weight is 450 g/mol. The fourth-order valence-corrected chi connectivity index (χ4v) is 4.08. The number of rotatable bonds is 8. The summed E-state index contributed by atoms with van der Waals surface area (Å²) >= 11 is 0. The molecule has 0 spiro atoms. The lowest BCUT2D eigenvalue weighted by atomic mass is 10.1. The van der Waals surface area contributed by atoms with Gasteiger partial charge in [0.1, 0.15) is 0 Å². The Morgan fingerprint density at radius 1 is 0.871 bits per heavy atom. The van der Waals surface area contributed by atoms with E-state index in [-0.39, 0.29) is 36.7 Å². The molecule has 1 amide bonds. The highest BCUT2D eigenvalue weighted by atomic mass is 32.2. The van der Waals surface area contributed by atoms with Gasteiger partial charge in [-0.15, -0.1) is 0 Å². The van der Waals surface area contributed by atoms with E-state index < -0.39 is 21.8 Å². The number of hydrogen-bond acceptors (Lipinski definition) is 3. The predicted molar refractivity (Wildman–Crippen MR) is 112 cm³/mol. The number of hydrogen-bond donors (Lipinski definition) is 2. The second kappa shape index (κ2) is 9.49. The highest BCUT2D eigenvalue weighted by molar-refractivity contribution is 7.89. The Balaban J connectivity index is 1.43. The average Bonchev–Trinajstić information content (AvgIpc) is 2.74. The summed E-state index contributed by atoms with van der Waals surface area (Å²) in [5, 5.41) is 4.34. The Bertz CT molecular complexity index is 1160. The molecule has 0 aliphatic heterocycles. The van der Waals surface area contributed by atoms with E-state index in [9.17, 15) is 26.4 Å². The molecule has 0 aliphatic rings. The number of nitrogens with one attached hydrogen (secondary N) is 2. The van der Waals surface area contributed by atoms with Crippen LogP contribution in [0.2, 0.25) is 0 Å². The second-order valence-electron chi connectivity index (χ2n) is 6.95. The molecule has 0 atom stereocenters. The maximum absolute atomic E-state index is 12.6. The Morgan fingerprint density at radius 3 is 2.23 bits per heavy atom. The fourth-order valence-electron chi connectivity index (χ4n) is 3.01. The largest absolute Gasteiger partial charge is 0.416 e. The second-order valence-corrected chi connectivity index (χ2v) is 8.72. The molecular weight excluding hydrogens is 429 g/mol. The van der Waals surface area contributed by atoms with E-state index in [4.69, 9.17) is 0 Å².